The Morgan fingerprint density at radius 3 is 0.877 bits per heavy atom. The fourth-order valence-corrected chi connectivity index (χ4v) is 19.5. The summed E-state index contributed by atoms with van der Waals surface area (Å²) in [6.07, 6.45) is 2.01. The standard InChI is InChI=1S/C44H28N6.C39H25N3.C35H23N3/c1-4-14-29(15-5-1)42-46-43(30-16-6-2-7-17-30)48-44(47-42)50-39-23-13-11-20-33(39)35-26-31(24-25-40(35)50)37-27-36-34-21-10-12-22-38(34)49(41(36)28-45-37)32-18-8-3-9-19-32;1-2-12-29(13-3-1)41-36-17-9-7-15-32(36)39-38(41)23-21-34(40-39)28-19-22-37-33(25-28)31-14-6-8-16-35(31)42(37)30-20-18-26-10-4-5-11-27(26)24-30;1-3-11-25(12-4-1)37-31-17-9-7-15-27(31)29-23-24(19-21-33(29)37)30-20-22-34-35(36-30)28-16-8-10-18-32(28)38(34)26-13-5-2-6-14-26/h1-28H;1-25H;1-23H. The van der Waals surface area contributed by atoms with Crippen LogP contribution < -0.4 is 0 Å². The molecule has 0 aliphatic heterocycles. The summed E-state index contributed by atoms with van der Waals surface area (Å²) in [4.78, 5) is 30.6. The highest BCUT2D eigenvalue weighted by molar-refractivity contribution is 6.16. The van der Waals surface area contributed by atoms with Crippen LogP contribution in [0.15, 0.2) is 461 Å². The number of hydrogen-bond acceptors (Lipinski definition) is 6. The highest BCUT2D eigenvalue weighted by Crippen LogP contribution is 2.43. The van der Waals surface area contributed by atoms with Crippen molar-refractivity contribution in [2.75, 3.05) is 0 Å². The third kappa shape index (κ3) is 12.7. The van der Waals surface area contributed by atoms with Gasteiger partial charge in [0.05, 0.1) is 101 Å². The molecule has 0 spiro atoms. The molecule has 0 aliphatic rings. The van der Waals surface area contributed by atoms with Crippen molar-refractivity contribution >= 4 is 142 Å². The summed E-state index contributed by atoms with van der Waals surface area (Å²) in [5.41, 5.74) is 29.4. The van der Waals surface area contributed by atoms with Gasteiger partial charge < -0.3 is 22.8 Å². The number of fused-ring (bicyclic) bond motifs is 19. The number of hydrogen-bond donors (Lipinski definition) is 0. The van der Waals surface area contributed by atoms with E-state index in [4.69, 9.17) is 29.9 Å². The normalized spacial score (nSPS) is 11.7. The molecule has 12 heteroatoms. The predicted octanol–water partition coefficient (Wildman–Crippen LogP) is 29.5. The average Bonchev–Trinajstić information content (AvgIpc) is 1.44. The maximum Gasteiger partial charge on any atom is 0.238 e. The summed E-state index contributed by atoms with van der Waals surface area (Å²) in [6, 6.07) is 160. The fraction of sp³-hybridized carbons (Fsp3) is 0. The second-order valence-electron chi connectivity index (χ2n) is 32.9. The summed E-state index contributed by atoms with van der Waals surface area (Å²) >= 11 is 0. The minimum absolute atomic E-state index is 0.574. The van der Waals surface area contributed by atoms with Gasteiger partial charge in [0.2, 0.25) is 5.95 Å². The van der Waals surface area contributed by atoms with Crippen molar-refractivity contribution in [1.82, 2.24) is 57.3 Å². The van der Waals surface area contributed by atoms with Gasteiger partial charge in [-0.3, -0.25) is 9.55 Å². The second kappa shape index (κ2) is 31.2. The van der Waals surface area contributed by atoms with E-state index >= 15 is 0 Å². The van der Waals surface area contributed by atoms with Gasteiger partial charge in [-0.25, -0.2) is 15.0 Å². The lowest BCUT2D eigenvalue weighted by Gasteiger charge is -2.11. The van der Waals surface area contributed by atoms with Gasteiger partial charge in [-0.1, -0.05) is 291 Å². The quantitative estimate of drug-likeness (QED) is 0.128. The molecule has 27 rings (SSSR count). The molecule has 0 unspecified atom stereocenters. The first-order valence-electron chi connectivity index (χ1n) is 43.9. The summed E-state index contributed by atoms with van der Waals surface area (Å²) in [5, 5.41) is 14.4. The van der Waals surface area contributed by atoms with Crippen LogP contribution in [0.3, 0.4) is 0 Å². The van der Waals surface area contributed by atoms with Crippen LogP contribution in [0.25, 0.3) is 233 Å². The van der Waals surface area contributed by atoms with Gasteiger partial charge in [0, 0.05) is 110 Å². The first kappa shape index (κ1) is 74.8. The molecule has 0 radical (unpaired) electrons. The van der Waals surface area contributed by atoms with E-state index in [-0.39, 0.29) is 0 Å². The van der Waals surface area contributed by atoms with E-state index in [1.807, 2.05) is 72.9 Å². The molecule has 12 nitrogen and oxygen atoms in total. The lowest BCUT2D eigenvalue weighted by Crippen LogP contribution is -2.06. The summed E-state index contributed by atoms with van der Waals surface area (Å²) in [6.45, 7) is 0. The van der Waals surface area contributed by atoms with Crippen LogP contribution in [0.5, 0.6) is 0 Å². The van der Waals surface area contributed by atoms with Gasteiger partial charge in [-0.15, -0.1) is 0 Å². The highest BCUT2D eigenvalue weighted by atomic mass is 15.2. The second-order valence-corrected chi connectivity index (χ2v) is 32.9. The maximum absolute atomic E-state index is 5.28. The first-order valence-corrected chi connectivity index (χ1v) is 43.9. The third-order valence-corrected chi connectivity index (χ3v) is 25.4. The number of para-hydroxylation sites is 10. The zero-order chi connectivity index (χ0) is 85.7. The van der Waals surface area contributed by atoms with Gasteiger partial charge in [0.15, 0.2) is 11.6 Å². The SMILES string of the molecule is c1ccc(-c2nc(-c3ccccc3)nc(-n3c4ccccc4c4cc(-c5cc6c7ccccc7n(-c7ccccc7)c6cn5)ccc43)n2)cc1.c1ccc(-n2c3ccccc3c3cc(-c4ccc5c(n4)c4ccccc4n5-c4ccccc4)ccc32)cc1.c1ccc(-n2c3ccccc3c3nc(-c4ccc5c(c4)c4ccccc4n5-c4ccc5ccccc5c4)ccc32)cc1. The fourth-order valence-electron chi connectivity index (χ4n) is 19.5. The van der Waals surface area contributed by atoms with Crippen LogP contribution in [-0.2, 0) is 0 Å². The summed E-state index contributed by atoms with van der Waals surface area (Å²) in [5.74, 6) is 1.83. The van der Waals surface area contributed by atoms with E-state index in [0.717, 1.165) is 133 Å². The van der Waals surface area contributed by atoms with Gasteiger partial charge >= 0.3 is 0 Å². The van der Waals surface area contributed by atoms with Crippen molar-refractivity contribution in [3.05, 3.63) is 461 Å². The van der Waals surface area contributed by atoms with Crippen LogP contribution in [0.4, 0.5) is 0 Å². The largest absolute Gasteiger partial charge is 0.309 e. The van der Waals surface area contributed by atoms with Crippen molar-refractivity contribution in [3.63, 3.8) is 0 Å². The topological polar surface area (TPSA) is 107 Å². The Kier molecular flexibility index (Phi) is 18.0. The molecule has 130 heavy (non-hydrogen) atoms. The Morgan fingerprint density at radius 2 is 0.454 bits per heavy atom. The predicted molar refractivity (Wildman–Crippen MR) is 537 cm³/mol. The van der Waals surface area contributed by atoms with Gasteiger partial charge in [-0.2, -0.15) is 9.97 Å². The molecule has 10 aromatic heterocycles. The van der Waals surface area contributed by atoms with Crippen molar-refractivity contribution < 1.29 is 0 Å². The Morgan fingerprint density at radius 1 is 0.154 bits per heavy atom. The van der Waals surface area contributed by atoms with Crippen molar-refractivity contribution in [3.8, 4) is 90.9 Å². The average molecular weight is 1660 g/mol. The van der Waals surface area contributed by atoms with E-state index in [1.54, 1.807) is 0 Å². The molecular formula is C118H76N12. The van der Waals surface area contributed by atoms with Crippen LogP contribution in [0, 0.1) is 0 Å². The molecule has 10 heterocycles. The van der Waals surface area contributed by atoms with E-state index in [0.29, 0.717) is 17.6 Å². The lowest BCUT2D eigenvalue weighted by molar-refractivity contribution is 0.953. The molecule has 0 saturated carbocycles. The van der Waals surface area contributed by atoms with E-state index in [1.165, 1.54) is 82.0 Å². The maximum atomic E-state index is 5.28. The van der Waals surface area contributed by atoms with Crippen LogP contribution >= 0.6 is 0 Å². The summed E-state index contributed by atoms with van der Waals surface area (Å²) < 4.78 is 13.8. The van der Waals surface area contributed by atoms with E-state index in [9.17, 15) is 0 Å². The molecule has 608 valence electrons. The highest BCUT2D eigenvalue weighted by Gasteiger charge is 2.24. The molecule has 0 N–H and O–H groups in total. The van der Waals surface area contributed by atoms with Crippen LogP contribution in [0.1, 0.15) is 0 Å². The van der Waals surface area contributed by atoms with Crippen molar-refractivity contribution in [2.45, 2.75) is 0 Å². The molecule has 0 saturated heterocycles. The number of pyridine rings is 3. The molecular weight excluding hydrogens is 1590 g/mol. The first-order chi connectivity index (χ1) is 64.5. The molecule has 0 aliphatic carbocycles. The van der Waals surface area contributed by atoms with Crippen molar-refractivity contribution in [2.24, 2.45) is 0 Å². The Labute approximate surface area is 746 Å². The summed E-state index contributed by atoms with van der Waals surface area (Å²) in [7, 11) is 0. The van der Waals surface area contributed by atoms with Gasteiger partial charge in [0.1, 0.15) is 0 Å². The zero-order valence-electron chi connectivity index (χ0n) is 70.2. The number of aromatic nitrogens is 12. The minimum atomic E-state index is 0.574. The van der Waals surface area contributed by atoms with Crippen LogP contribution in [-0.4, -0.2) is 57.3 Å². The molecule has 0 bridgehead atoms. The van der Waals surface area contributed by atoms with Crippen LogP contribution in [0.2, 0.25) is 0 Å². The molecule has 17 aromatic carbocycles. The number of rotatable bonds is 11. The van der Waals surface area contributed by atoms with Crippen molar-refractivity contribution in [1.29, 1.82) is 0 Å². The molecule has 0 fully saturated rings. The monoisotopic (exact) mass is 1660 g/mol. The number of benzene rings is 17. The molecule has 0 atom stereocenters. The van der Waals surface area contributed by atoms with E-state index < -0.39 is 0 Å². The van der Waals surface area contributed by atoms with Gasteiger partial charge in [0.25, 0.3) is 0 Å². The minimum Gasteiger partial charge on any atom is -0.309 e. The zero-order valence-corrected chi connectivity index (χ0v) is 70.2. The molecule has 27 aromatic rings. The Balaban J connectivity index is 0.000000106. The van der Waals surface area contributed by atoms with Gasteiger partial charge in [-0.05, 0) is 175 Å². The number of nitrogens with zero attached hydrogens (tertiary/aromatic N) is 12. The Hall–Kier alpha value is -17.7. The smallest absolute Gasteiger partial charge is 0.238 e. The Bertz CT molecular complexity index is 8890. The third-order valence-electron chi connectivity index (χ3n) is 25.4. The molecule has 0 amide bonds. The lowest BCUT2D eigenvalue weighted by atomic mass is 10.0. The van der Waals surface area contributed by atoms with E-state index in [2.05, 4.69) is 416 Å².